The maximum Gasteiger partial charge on any atom is 0.161 e. The van der Waals surface area contributed by atoms with Crippen LogP contribution in [0.5, 0.6) is 11.5 Å². The van der Waals surface area contributed by atoms with E-state index in [9.17, 15) is 5.26 Å². The molecule has 23 heavy (non-hydrogen) atoms. The van der Waals surface area contributed by atoms with E-state index in [1.807, 2.05) is 30.3 Å². The molecule has 0 N–H and O–H groups in total. The Morgan fingerprint density at radius 1 is 1.13 bits per heavy atom. The van der Waals surface area contributed by atoms with Crippen LogP contribution in [0.25, 0.3) is 22.8 Å². The summed E-state index contributed by atoms with van der Waals surface area (Å²) >= 11 is 0. The van der Waals surface area contributed by atoms with E-state index in [1.54, 1.807) is 32.4 Å². The van der Waals surface area contributed by atoms with Crippen molar-refractivity contribution in [3.8, 4) is 17.6 Å². The fourth-order valence-electron chi connectivity index (χ4n) is 2.29. The highest BCUT2D eigenvalue weighted by atomic mass is 16.5. The monoisotopic (exact) mass is 306 g/mol. The van der Waals surface area contributed by atoms with Gasteiger partial charge in [0.15, 0.2) is 11.5 Å². The van der Waals surface area contributed by atoms with Gasteiger partial charge in [-0.3, -0.25) is 0 Å². The Bertz CT molecular complexity index is 922. The molecule has 3 rings (SSSR count). The second-order valence-electron chi connectivity index (χ2n) is 4.75. The van der Waals surface area contributed by atoms with E-state index in [2.05, 4.69) is 16.4 Å². The number of aromatic nitrogens is 3. The lowest BCUT2D eigenvalue weighted by Crippen LogP contribution is -1.98. The first kappa shape index (κ1) is 14.6. The van der Waals surface area contributed by atoms with Crippen LogP contribution in [0.4, 0.5) is 0 Å². The van der Waals surface area contributed by atoms with Gasteiger partial charge in [0.25, 0.3) is 0 Å². The van der Waals surface area contributed by atoms with Gasteiger partial charge in [0.05, 0.1) is 19.7 Å². The van der Waals surface area contributed by atoms with Crippen molar-refractivity contribution in [1.29, 1.82) is 5.26 Å². The average molecular weight is 306 g/mol. The number of nitrogens with zero attached hydrogens (tertiary/aromatic N) is 4. The zero-order chi connectivity index (χ0) is 16.2. The molecule has 2 aromatic carbocycles. The van der Waals surface area contributed by atoms with Crippen molar-refractivity contribution in [2.75, 3.05) is 14.2 Å². The largest absolute Gasteiger partial charge is 0.493 e. The minimum Gasteiger partial charge on any atom is -0.493 e. The van der Waals surface area contributed by atoms with E-state index in [-0.39, 0.29) is 0 Å². The van der Waals surface area contributed by atoms with Gasteiger partial charge in [-0.25, -0.2) is 4.68 Å². The molecule has 0 fully saturated rings. The summed E-state index contributed by atoms with van der Waals surface area (Å²) in [6.07, 6.45) is 1.73. The van der Waals surface area contributed by atoms with Gasteiger partial charge in [-0.05, 0) is 35.9 Å². The van der Waals surface area contributed by atoms with Crippen molar-refractivity contribution in [2.24, 2.45) is 0 Å². The molecule has 1 heterocycles. The summed E-state index contributed by atoms with van der Waals surface area (Å²) < 4.78 is 12.0. The van der Waals surface area contributed by atoms with Crippen molar-refractivity contribution in [2.45, 2.75) is 0 Å². The Hall–Kier alpha value is -3.33. The maximum absolute atomic E-state index is 9.48. The average Bonchev–Trinajstić information content (AvgIpc) is 3.03. The molecule has 0 radical (unpaired) electrons. The molecule has 0 saturated carbocycles. The van der Waals surface area contributed by atoms with Crippen molar-refractivity contribution in [1.82, 2.24) is 15.0 Å². The Morgan fingerprint density at radius 2 is 1.91 bits per heavy atom. The number of hydrogen-bond donors (Lipinski definition) is 0. The molecule has 0 atom stereocenters. The third-order valence-electron chi connectivity index (χ3n) is 3.41. The maximum atomic E-state index is 9.48. The number of benzene rings is 2. The SMILES string of the molecule is COc1ccc(/C=C(/C#N)n2nnc3ccccc32)cc1OC. The highest BCUT2D eigenvalue weighted by molar-refractivity contribution is 5.86. The summed E-state index contributed by atoms with van der Waals surface area (Å²) in [6, 6.07) is 15.1. The fourth-order valence-corrected chi connectivity index (χ4v) is 2.29. The number of fused-ring (bicyclic) bond motifs is 1. The number of nitriles is 1. The van der Waals surface area contributed by atoms with Gasteiger partial charge in [0.2, 0.25) is 0 Å². The van der Waals surface area contributed by atoms with E-state index in [4.69, 9.17) is 9.47 Å². The summed E-state index contributed by atoms with van der Waals surface area (Å²) in [5.41, 5.74) is 2.69. The second-order valence-corrected chi connectivity index (χ2v) is 4.75. The van der Waals surface area contributed by atoms with Gasteiger partial charge in [0, 0.05) is 0 Å². The molecule has 1 aromatic heterocycles. The first-order chi connectivity index (χ1) is 11.3. The Morgan fingerprint density at radius 3 is 2.65 bits per heavy atom. The summed E-state index contributed by atoms with van der Waals surface area (Å²) in [7, 11) is 3.15. The lowest BCUT2D eigenvalue weighted by molar-refractivity contribution is 0.355. The van der Waals surface area contributed by atoms with Crippen LogP contribution in [0.1, 0.15) is 5.56 Å². The van der Waals surface area contributed by atoms with Crippen molar-refractivity contribution in [3.63, 3.8) is 0 Å². The second kappa shape index (κ2) is 6.20. The van der Waals surface area contributed by atoms with E-state index < -0.39 is 0 Å². The van der Waals surface area contributed by atoms with Crippen molar-refractivity contribution in [3.05, 3.63) is 48.0 Å². The van der Waals surface area contributed by atoms with Crippen molar-refractivity contribution >= 4 is 22.8 Å². The lowest BCUT2D eigenvalue weighted by Gasteiger charge is -2.08. The van der Waals surface area contributed by atoms with Crippen LogP contribution in [-0.2, 0) is 0 Å². The molecule has 0 aliphatic rings. The van der Waals surface area contributed by atoms with Gasteiger partial charge in [-0.15, -0.1) is 5.10 Å². The van der Waals surface area contributed by atoms with E-state index in [0.717, 1.165) is 16.6 Å². The van der Waals surface area contributed by atoms with Crippen LogP contribution in [0, 0.1) is 11.3 Å². The standard InChI is InChI=1S/C17H14N4O2/c1-22-16-8-7-12(10-17(16)23-2)9-13(11-18)21-15-6-4-3-5-14(15)19-20-21/h3-10H,1-2H3/b13-9-. The van der Waals surface area contributed by atoms with E-state index in [0.29, 0.717) is 17.2 Å². The summed E-state index contributed by atoms with van der Waals surface area (Å²) in [5.74, 6) is 1.23. The zero-order valence-corrected chi connectivity index (χ0v) is 12.7. The van der Waals surface area contributed by atoms with E-state index in [1.165, 1.54) is 4.68 Å². The summed E-state index contributed by atoms with van der Waals surface area (Å²) in [5, 5.41) is 17.6. The molecule has 3 aromatic rings. The van der Waals surface area contributed by atoms with Crippen LogP contribution in [0.3, 0.4) is 0 Å². The quantitative estimate of drug-likeness (QED) is 0.693. The molecule has 6 nitrogen and oxygen atoms in total. The number of para-hydroxylation sites is 1. The number of methoxy groups -OCH3 is 2. The highest BCUT2D eigenvalue weighted by Crippen LogP contribution is 2.29. The van der Waals surface area contributed by atoms with Gasteiger partial charge in [-0.2, -0.15) is 5.26 Å². The summed E-state index contributed by atoms with van der Waals surface area (Å²) in [6.45, 7) is 0. The Labute approximate surface area is 133 Å². The smallest absolute Gasteiger partial charge is 0.161 e. The molecule has 0 aliphatic carbocycles. The third kappa shape index (κ3) is 2.72. The topological polar surface area (TPSA) is 73.0 Å². The third-order valence-corrected chi connectivity index (χ3v) is 3.41. The van der Waals surface area contributed by atoms with Gasteiger partial charge < -0.3 is 9.47 Å². The molecule has 0 bridgehead atoms. The molecule has 0 unspecified atom stereocenters. The number of ether oxygens (including phenoxy) is 2. The number of hydrogen-bond acceptors (Lipinski definition) is 5. The Kier molecular flexibility index (Phi) is 3.93. The van der Waals surface area contributed by atoms with Crippen LogP contribution in [-0.4, -0.2) is 29.2 Å². The van der Waals surface area contributed by atoms with Crippen LogP contribution < -0.4 is 9.47 Å². The first-order valence-corrected chi connectivity index (χ1v) is 6.91. The number of allylic oxidation sites excluding steroid dienone is 1. The zero-order valence-electron chi connectivity index (χ0n) is 12.7. The summed E-state index contributed by atoms with van der Waals surface area (Å²) in [4.78, 5) is 0. The molecule has 0 amide bonds. The molecule has 6 heteroatoms. The van der Waals surface area contributed by atoms with Crippen molar-refractivity contribution < 1.29 is 9.47 Å². The molecular formula is C17H14N4O2. The highest BCUT2D eigenvalue weighted by Gasteiger charge is 2.09. The van der Waals surface area contributed by atoms with Crippen LogP contribution in [0.2, 0.25) is 0 Å². The minimum atomic E-state index is 0.367. The Balaban J connectivity index is 2.08. The number of rotatable bonds is 4. The fraction of sp³-hybridized carbons (Fsp3) is 0.118. The predicted octanol–water partition coefficient (Wildman–Crippen LogP) is 2.97. The van der Waals surface area contributed by atoms with Gasteiger partial charge in [-0.1, -0.05) is 23.4 Å². The molecule has 114 valence electrons. The normalized spacial score (nSPS) is 11.3. The minimum absolute atomic E-state index is 0.367. The predicted molar refractivity (Wildman–Crippen MR) is 86.9 cm³/mol. The first-order valence-electron chi connectivity index (χ1n) is 6.91. The molecule has 0 spiro atoms. The molecule has 0 saturated heterocycles. The molecular weight excluding hydrogens is 292 g/mol. The van der Waals surface area contributed by atoms with Crippen LogP contribution >= 0.6 is 0 Å². The van der Waals surface area contributed by atoms with Crippen LogP contribution in [0.15, 0.2) is 42.5 Å². The van der Waals surface area contributed by atoms with Gasteiger partial charge in [0.1, 0.15) is 17.3 Å². The van der Waals surface area contributed by atoms with E-state index >= 15 is 0 Å². The molecule has 0 aliphatic heterocycles. The lowest BCUT2D eigenvalue weighted by atomic mass is 10.1. The van der Waals surface area contributed by atoms with Gasteiger partial charge >= 0.3 is 0 Å².